The van der Waals surface area contributed by atoms with Gasteiger partial charge in [-0.05, 0) is 18.4 Å². The largest absolute Gasteiger partial charge is 0.679 e. The van der Waals surface area contributed by atoms with Crippen molar-refractivity contribution >= 4 is 17.5 Å². The molecule has 2 N–H and O–H groups in total. The summed E-state index contributed by atoms with van der Waals surface area (Å²) in [5.41, 5.74) is 15.3. The van der Waals surface area contributed by atoms with E-state index in [1.54, 1.807) is 0 Å². The van der Waals surface area contributed by atoms with Crippen LogP contribution in [0.3, 0.4) is 0 Å². The number of hydrogen-bond acceptors (Lipinski definition) is 0. The van der Waals surface area contributed by atoms with Crippen LogP contribution in [0.25, 0.3) is 11.5 Å². The van der Waals surface area contributed by atoms with Crippen molar-refractivity contribution in [1.29, 1.82) is 0 Å². The van der Waals surface area contributed by atoms with E-state index in [1.807, 2.05) is 17.3 Å². The van der Waals surface area contributed by atoms with Crippen LogP contribution in [-0.2, 0) is 17.3 Å². The van der Waals surface area contributed by atoms with Gasteiger partial charge in [0.2, 0.25) is 0 Å². The molecule has 0 heterocycles. The van der Waals surface area contributed by atoms with Crippen LogP contribution in [0, 0.1) is 14.4 Å². The molecule has 0 unspecified atom stereocenters. The van der Waals surface area contributed by atoms with Gasteiger partial charge in [0, 0.05) is 0 Å². The van der Waals surface area contributed by atoms with Crippen molar-refractivity contribution in [3.63, 3.8) is 0 Å². The first-order valence-corrected chi connectivity index (χ1v) is 10.4. The third-order valence-corrected chi connectivity index (χ3v) is 1.87. The second-order valence-corrected chi connectivity index (χ2v) is 6.44. The Balaban J connectivity index is -0.000000126. The maximum Gasteiger partial charge on any atom is -0.171 e. The molecule has 0 aromatic heterocycles. The zero-order valence-corrected chi connectivity index (χ0v) is 17.1. The van der Waals surface area contributed by atoms with Gasteiger partial charge in [-0.2, -0.15) is 13.1 Å². The van der Waals surface area contributed by atoms with Crippen molar-refractivity contribution in [2.75, 3.05) is 13.1 Å². The van der Waals surface area contributed by atoms with Crippen LogP contribution in [-0.4, -0.2) is 13.1 Å². The number of halogens is 7. The Morgan fingerprint density at radius 3 is 1.33 bits per heavy atom. The summed E-state index contributed by atoms with van der Waals surface area (Å²) in [6, 6.07) is 8.71. The van der Waals surface area contributed by atoms with E-state index in [4.69, 9.17) is 11.5 Å². The monoisotopic (exact) mass is 489 g/mol. The van der Waals surface area contributed by atoms with Gasteiger partial charge < -0.3 is 18.9 Å². The van der Waals surface area contributed by atoms with E-state index in [2.05, 4.69) is 54.7 Å². The maximum absolute atomic E-state index is 10.7. The summed E-state index contributed by atoms with van der Waals surface area (Å²) in [5.74, 6) is 0.653. The normalized spacial score (nSPS) is 12.5. The van der Waals surface area contributed by atoms with Gasteiger partial charge >= 0.3 is 60.0 Å². The third-order valence-electron chi connectivity index (χ3n) is 1.87. The Morgan fingerprint density at radius 2 is 1.17 bits per heavy atom. The Kier molecular flexibility index (Phi) is 16.5. The van der Waals surface area contributed by atoms with Crippen molar-refractivity contribution in [3.8, 4) is 0 Å². The molecule has 0 aliphatic heterocycles. The molecule has 0 saturated carbocycles. The zero-order chi connectivity index (χ0) is 19.4. The van der Waals surface area contributed by atoms with E-state index in [-0.39, 0.29) is 20.5 Å². The van der Waals surface area contributed by atoms with Crippen LogP contribution in [0.5, 0.6) is 0 Å². The van der Waals surface area contributed by atoms with Crippen molar-refractivity contribution in [1.82, 2.24) is 0 Å². The summed E-state index contributed by atoms with van der Waals surface area (Å²) >= 11 is 1.82. The SMILES string of the molecule is Cc1ccc(C(C)C)cc1.F[P-](F)(F)(F)(F)F.[CH3-].[Cl][Ru+3].[NH-]CC[NH-]. The van der Waals surface area contributed by atoms with E-state index in [0.717, 1.165) is 0 Å². The number of benzene rings is 1. The van der Waals surface area contributed by atoms with E-state index in [1.165, 1.54) is 11.1 Å². The fraction of sp³-hybridized carbons (Fsp3) is 0.462. The summed E-state index contributed by atoms with van der Waals surface area (Å²) < 4.78 is 59.2. The van der Waals surface area contributed by atoms with Crippen LogP contribution in [0.1, 0.15) is 30.9 Å². The maximum atomic E-state index is 9.87. The molecule has 1 aromatic rings. The molecule has 0 atom stereocenters. The molecule has 0 aliphatic carbocycles. The summed E-state index contributed by atoms with van der Waals surface area (Å²) in [4.78, 5) is 0. The minimum Gasteiger partial charge on any atom is -0.679 e. The predicted molar refractivity (Wildman–Crippen MR) is 89.5 cm³/mol. The number of aryl methyl sites for hydroxylation is 1. The van der Waals surface area contributed by atoms with Crippen LogP contribution >= 0.6 is 17.5 Å². The summed E-state index contributed by atoms with van der Waals surface area (Å²) in [6.45, 7) is 7.01. The topological polar surface area (TPSA) is 47.6 Å². The van der Waals surface area contributed by atoms with Gasteiger partial charge in [0.25, 0.3) is 0 Å². The zero-order valence-electron chi connectivity index (χ0n) is 13.7. The molecule has 0 fully saturated rings. The summed E-state index contributed by atoms with van der Waals surface area (Å²) in [5, 5.41) is 0. The second kappa shape index (κ2) is 12.4. The van der Waals surface area contributed by atoms with Gasteiger partial charge in [-0.1, -0.05) is 43.7 Å². The van der Waals surface area contributed by atoms with Crippen molar-refractivity contribution in [3.05, 3.63) is 54.3 Å². The number of nitrogens with one attached hydrogen (secondary N) is 2. The Labute approximate surface area is 154 Å². The molecule has 0 amide bonds. The van der Waals surface area contributed by atoms with Gasteiger partial charge in [0.1, 0.15) is 0 Å². The molecule has 0 bridgehead atoms. The quantitative estimate of drug-likeness (QED) is 0.173. The minimum atomic E-state index is -10.7. The van der Waals surface area contributed by atoms with Crippen LogP contribution < -0.4 is 0 Å². The average molecular weight is 489 g/mol. The van der Waals surface area contributed by atoms with E-state index < -0.39 is 7.81 Å². The van der Waals surface area contributed by atoms with Gasteiger partial charge in [0.05, 0.1) is 0 Å². The molecule has 1 aromatic carbocycles. The summed E-state index contributed by atoms with van der Waals surface area (Å²) in [6.07, 6.45) is 0. The van der Waals surface area contributed by atoms with E-state index >= 15 is 0 Å². The molecule has 2 nitrogen and oxygen atoms in total. The van der Waals surface area contributed by atoms with E-state index in [0.29, 0.717) is 5.92 Å². The average Bonchev–Trinajstić information content (AvgIpc) is 2.38. The first kappa shape index (κ1) is 31.8. The molecule has 0 saturated heterocycles. The van der Waals surface area contributed by atoms with Crippen molar-refractivity contribution in [2.24, 2.45) is 0 Å². The molecule has 148 valence electrons. The Bertz CT molecular complexity index is 398. The van der Waals surface area contributed by atoms with E-state index in [9.17, 15) is 25.2 Å². The minimum absolute atomic E-state index is 0. The molecular formula is C13H23ClF6N2PRu-. The molecule has 0 aliphatic rings. The van der Waals surface area contributed by atoms with Gasteiger partial charge in [-0.3, -0.25) is 0 Å². The first-order valence-electron chi connectivity index (χ1n) is 6.12. The molecule has 0 radical (unpaired) electrons. The standard InChI is InChI=1S/C10H14.C2H6N2.CH3.ClH.F6P.Ru/c1-8(2)10-6-4-9(3)5-7-10;3-1-2-4;;;1-7(2,3,4,5)6;/h4-8H,1-3H3;3-4H,1-2H2;1H3;1H;;/q;-2;-1;;-1;+4/p-1. The van der Waals surface area contributed by atoms with Crippen LogP contribution in [0.4, 0.5) is 25.2 Å². The predicted octanol–water partition coefficient (Wildman–Crippen LogP) is 8.73. The first-order chi connectivity index (χ1) is 10.1. The molecule has 24 heavy (non-hydrogen) atoms. The van der Waals surface area contributed by atoms with Gasteiger partial charge in [0.15, 0.2) is 0 Å². The molecule has 0 spiro atoms. The Morgan fingerprint density at radius 1 is 0.917 bits per heavy atom. The van der Waals surface area contributed by atoms with Gasteiger partial charge in [-0.15, -0.1) is 0 Å². The smallest absolute Gasteiger partial charge is 0.171 e. The fourth-order valence-electron chi connectivity index (χ4n) is 0.951. The second-order valence-electron chi connectivity index (χ2n) is 4.52. The fourth-order valence-corrected chi connectivity index (χ4v) is 0.951. The van der Waals surface area contributed by atoms with Gasteiger partial charge in [-0.25, -0.2) is 0 Å². The molecule has 11 heteroatoms. The van der Waals surface area contributed by atoms with Crippen LogP contribution in [0.2, 0.25) is 0 Å². The van der Waals surface area contributed by atoms with Crippen molar-refractivity contribution in [2.45, 2.75) is 26.7 Å². The Hall–Kier alpha value is 0.0634. The van der Waals surface area contributed by atoms with Crippen LogP contribution in [0.15, 0.2) is 24.3 Å². The van der Waals surface area contributed by atoms with Crippen molar-refractivity contribution < 1.29 is 42.5 Å². The summed E-state index contributed by atoms with van der Waals surface area (Å²) in [7, 11) is -6.09. The molecule has 1 rings (SSSR count). The molecular weight excluding hydrogens is 466 g/mol. The number of hydrogen-bond donors (Lipinski definition) is 0. The number of rotatable bonds is 2. The third kappa shape index (κ3) is 43.1.